The van der Waals surface area contributed by atoms with Crippen molar-refractivity contribution in [3.63, 3.8) is 0 Å². The number of hydrogen-bond donors (Lipinski definition) is 0. The number of rotatable bonds is 5. The number of hydrogen-bond acceptors (Lipinski definition) is 2. The number of benzene rings is 2. The van der Waals surface area contributed by atoms with Crippen molar-refractivity contribution < 1.29 is 12.8 Å². The maximum Gasteiger partial charge on any atom is 0.244 e. The second kappa shape index (κ2) is 6.68. The number of halogens is 2. The smallest absolute Gasteiger partial charge is 0.207 e. The van der Waals surface area contributed by atoms with Gasteiger partial charge in [0, 0.05) is 17.6 Å². The van der Waals surface area contributed by atoms with Crippen LogP contribution < -0.4 is 0 Å². The largest absolute Gasteiger partial charge is 0.244 e. The molecule has 0 saturated heterocycles. The minimum Gasteiger partial charge on any atom is -0.207 e. The van der Waals surface area contributed by atoms with Crippen molar-refractivity contribution in [2.75, 3.05) is 6.54 Å². The Hall–Kier alpha value is -1.24. The van der Waals surface area contributed by atoms with Crippen LogP contribution in [-0.2, 0) is 16.6 Å². The van der Waals surface area contributed by atoms with E-state index in [-0.39, 0.29) is 17.3 Å². The van der Waals surface area contributed by atoms with E-state index in [1.165, 1.54) is 16.4 Å². The SMILES string of the molecule is CCN(Cc1cccc(F)c1)S(=O)(=O)c1ccccc1Br. The van der Waals surface area contributed by atoms with Crippen LogP contribution in [0.2, 0.25) is 0 Å². The van der Waals surface area contributed by atoms with Gasteiger partial charge < -0.3 is 0 Å². The van der Waals surface area contributed by atoms with Crippen LogP contribution in [0.5, 0.6) is 0 Å². The third-order valence-corrected chi connectivity index (χ3v) is 5.99. The van der Waals surface area contributed by atoms with Crippen LogP contribution in [0.3, 0.4) is 0 Å². The molecule has 0 aliphatic rings. The van der Waals surface area contributed by atoms with E-state index >= 15 is 0 Å². The first-order valence-electron chi connectivity index (χ1n) is 6.44. The molecule has 0 N–H and O–H groups in total. The summed E-state index contributed by atoms with van der Waals surface area (Å²) in [6.45, 7) is 2.20. The Morgan fingerprint density at radius 1 is 1.14 bits per heavy atom. The van der Waals surface area contributed by atoms with Gasteiger partial charge in [-0.05, 0) is 45.8 Å². The van der Waals surface area contributed by atoms with Gasteiger partial charge in [-0.2, -0.15) is 4.31 Å². The molecule has 3 nitrogen and oxygen atoms in total. The molecule has 0 unspecified atom stereocenters. The Morgan fingerprint density at radius 3 is 2.48 bits per heavy atom. The van der Waals surface area contributed by atoms with Crippen molar-refractivity contribution in [1.29, 1.82) is 0 Å². The first kappa shape index (κ1) is 16.1. The van der Waals surface area contributed by atoms with Crippen LogP contribution >= 0.6 is 15.9 Å². The standard InChI is InChI=1S/C15H15BrFNO2S/c1-2-18(11-12-6-5-7-13(17)10-12)21(19,20)15-9-4-3-8-14(15)16/h3-10H,2,11H2,1H3. The zero-order valence-electron chi connectivity index (χ0n) is 11.5. The Bertz CT molecular complexity index is 734. The van der Waals surface area contributed by atoms with Gasteiger partial charge in [0.1, 0.15) is 5.82 Å². The summed E-state index contributed by atoms with van der Waals surface area (Å²) in [4.78, 5) is 0.211. The van der Waals surface area contributed by atoms with Crippen molar-refractivity contribution in [3.05, 3.63) is 64.4 Å². The third kappa shape index (κ3) is 3.70. The van der Waals surface area contributed by atoms with Crippen LogP contribution in [0.1, 0.15) is 12.5 Å². The molecule has 21 heavy (non-hydrogen) atoms. The molecule has 112 valence electrons. The molecule has 0 heterocycles. The predicted molar refractivity (Wildman–Crippen MR) is 83.8 cm³/mol. The summed E-state index contributed by atoms with van der Waals surface area (Å²) >= 11 is 3.26. The lowest BCUT2D eigenvalue weighted by Crippen LogP contribution is -2.30. The second-order valence-corrected chi connectivity index (χ2v) is 7.25. The summed E-state index contributed by atoms with van der Waals surface area (Å²) in [6.07, 6.45) is 0. The maximum absolute atomic E-state index is 13.2. The summed E-state index contributed by atoms with van der Waals surface area (Å²) in [6, 6.07) is 12.6. The average molecular weight is 372 g/mol. The molecule has 0 aromatic heterocycles. The molecule has 0 aliphatic carbocycles. The van der Waals surface area contributed by atoms with E-state index in [9.17, 15) is 12.8 Å². The number of nitrogens with zero attached hydrogens (tertiary/aromatic N) is 1. The zero-order chi connectivity index (χ0) is 15.5. The maximum atomic E-state index is 13.2. The highest BCUT2D eigenvalue weighted by Gasteiger charge is 2.25. The van der Waals surface area contributed by atoms with Gasteiger partial charge in [-0.1, -0.05) is 31.2 Å². The molecule has 2 aromatic rings. The molecular weight excluding hydrogens is 357 g/mol. The van der Waals surface area contributed by atoms with Crippen LogP contribution in [0, 0.1) is 5.82 Å². The van der Waals surface area contributed by atoms with Gasteiger partial charge in [0.05, 0.1) is 4.90 Å². The fourth-order valence-electron chi connectivity index (χ4n) is 2.00. The summed E-state index contributed by atoms with van der Waals surface area (Å²) in [5.41, 5.74) is 0.618. The summed E-state index contributed by atoms with van der Waals surface area (Å²) in [5, 5.41) is 0. The summed E-state index contributed by atoms with van der Waals surface area (Å²) in [5.74, 6) is -0.373. The van der Waals surface area contributed by atoms with Crippen LogP contribution in [0.4, 0.5) is 4.39 Å². The lowest BCUT2D eigenvalue weighted by Gasteiger charge is -2.21. The van der Waals surface area contributed by atoms with Crippen molar-refractivity contribution >= 4 is 26.0 Å². The Morgan fingerprint density at radius 2 is 1.86 bits per heavy atom. The first-order valence-corrected chi connectivity index (χ1v) is 8.67. The van der Waals surface area contributed by atoms with Gasteiger partial charge in [0.2, 0.25) is 10.0 Å². The van der Waals surface area contributed by atoms with E-state index in [1.54, 1.807) is 43.3 Å². The highest BCUT2D eigenvalue weighted by Crippen LogP contribution is 2.25. The molecule has 2 aromatic carbocycles. The monoisotopic (exact) mass is 371 g/mol. The van der Waals surface area contributed by atoms with E-state index in [2.05, 4.69) is 15.9 Å². The fraction of sp³-hybridized carbons (Fsp3) is 0.200. The molecule has 0 saturated carbocycles. The van der Waals surface area contributed by atoms with Crippen molar-refractivity contribution in [2.24, 2.45) is 0 Å². The third-order valence-electron chi connectivity index (χ3n) is 3.06. The Balaban J connectivity index is 2.35. The molecule has 0 aliphatic heterocycles. The molecule has 0 bridgehead atoms. The minimum absolute atomic E-state index is 0.137. The van der Waals surface area contributed by atoms with Crippen LogP contribution in [-0.4, -0.2) is 19.3 Å². The summed E-state index contributed by atoms with van der Waals surface area (Å²) < 4.78 is 40.4. The molecule has 0 radical (unpaired) electrons. The molecule has 2 rings (SSSR count). The fourth-order valence-corrected chi connectivity index (χ4v) is 4.40. The first-order chi connectivity index (χ1) is 9.95. The summed E-state index contributed by atoms with van der Waals surface area (Å²) in [7, 11) is -3.63. The minimum atomic E-state index is -3.63. The van der Waals surface area contributed by atoms with Gasteiger partial charge in [0.15, 0.2) is 0 Å². The van der Waals surface area contributed by atoms with Crippen molar-refractivity contribution in [1.82, 2.24) is 4.31 Å². The van der Waals surface area contributed by atoms with Crippen molar-refractivity contribution in [3.8, 4) is 0 Å². The van der Waals surface area contributed by atoms with Crippen LogP contribution in [0.25, 0.3) is 0 Å². The molecule has 0 atom stereocenters. The Labute approximate surface area is 132 Å². The van der Waals surface area contributed by atoms with E-state index in [1.807, 2.05) is 0 Å². The quantitative estimate of drug-likeness (QED) is 0.801. The molecular formula is C15H15BrFNO2S. The van der Waals surface area contributed by atoms with Crippen molar-refractivity contribution in [2.45, 2.75) is 18.4 Å². The lowest BCUT2D eigenvalue weighted by atomic mass is 10.2. The van der Waals surface area contributed by atoms with E-state index in [4.69, 9.17) is 0 Å². The van der Waals surface area contributed by atoms with Gasteiger partial charge in [-0.15, -0.1) is 0 Å². The predicted octanol–water partition coefficient (Wildman–Crippen LogP) is 3.80. The topological polar surface area (TPSA) is 37.4 Å². The lowest BCUT2D eigenvalue weighted by molar-refractivity contribution is 0.422. The molecule has 0 spiro atoms. The average Bonchev–Trinajstić information content (AvgIpc) is 2.45. The Kier molecular flexibility index (Phi) is 5.13. The van der Waals surface area contributed by atoms with E-state index in [0.717, 1.165) is 0 Å². The highest BCUT2D eigenvalue weighted by molar-refractivity contribution is 9.10. The second-order valence-electron chi connectivity index (χ2n) is 4.49. The van der Waals surface area contributed by atoms with Gasteiger partial charge in [-0.25, -0.2) is 12.8 Å². The van der Waals surface area contributed by atoms with Gasteiger partial charge >= 0.3 is 0 Å². The molecule has 6 heteroatoms. The normalized spacial score (nSPS) is 11.8. The molecule has 0 fully saturated rings. The molecule has 0 amide bonds. The highest BCUT2D eigenvalue weighted by atomic mass is 79.9. The van der Waals surface area contributed by atoms with Gasteiger partial charge in [-0.3, -0.25) is 0 Å². The number of sulfonamides is 1. The van der Waals surface area contributed by atoms with E-state index in [0.29, 0.717) is 16.6 Å². The van der Waals surface area contributed by atoms with E-state index < -0.39 is 10.0 Å². The zero-order valence-corrected chi connectivity index (χ0v) is 13.9. The van der Waals surface area contributed by atoms with Gasteiger partial charge in [0.25, 0.3) is 0 Å². The van der Waals surface area contributed by atoms with Crippen LogP contribution in [0.15, 0.2) is 57.9 Å².